The van der Waals surface area contributed by atoms with Crippen LogP contribution in [-0.2, 0) is 10.0 Å². The molecule has 0 saturated heterocycles. The number of hydrogen-bond donors (Lipinski definition) is 0. The molecule has 1 aromatic heterocycles. The number of ether oxygens (including phenoxy) is 1. The van der Waals surface area contributed by atoms with Crippen molar-refractivity contribution < 1.29 is 18.0 Å². The molecule has 2 aromatic carbocycles. The van der Waals surface area contributed by atoms with Gasteiger partial charge in [0, 0.05) is 18.6 Å². The smallest absolute Gasteiger partial charge is 0.242 e. The van der Waals surface area contributed by atoms with E-state index in [9.17, 15) is 8.42 Å². The highest BCUT2D eigenvalue weighted by Gasteiger charge is 2.19. The molecule has 0 aliphatic heterocycles. The molecule has 3 rings (SSSR count). The predicted molar refractivity (Wildman–Crippen MR) is 99.5 cm³/mol. The third kappa shape index (κ3) is 3.97. The zero-order chi connectivity index (χ0) is 18.7. The standard InChI is InChI=1S/C16H17BrN4O4S/c1-20(2)26(22,23)14-6-7-15-16(11-14)21(19-18-15)25-9-8-24-13-5-3-4-12(17)10-13/h3-7,10-11H,8-9H2,1-2H3. The molecule has 0 fully saturated rings. The molecule has 0 aliphatic rings. The summed E-state index contributed by atoms with van der Waals surface area (Å²) in [6, 6.07) is 12.0. The van der Waals surface area contributed by atoms with Gasteiger partial charge in [-0.25, -0.2) is 12.7 Å². The van der Waals surface area contributed by atoms with Gasteiger partial charge in [0.2, 0.25) is 10.0 Å². The number of aromatic nitrogens is 3. The third-order valence-corrected chi connectivity index (χ3v) is 5.83. The minimum atomic E-state index is -3.55. The van der Waals surface area contributed by atoms with Gasteiger partial charge in [0.05, 0.1) is 4.90 Å². The van der Waals surface area contributed by atoms with Gasteiger partial charge in [-0.3, -0.25) is 0 Å². The highest BCUT2D eigenvalue weighted by Crippen LogP contribution is 2.19. The SMILES string of the molecule is CN(C)S(=O)(=O)c1ccc2nnn(OCCOc3cccc(Br)c3)c2c1. The fraction of sp³-hybridized carbons (Fsp3) is 0.250. The Morgan fingerprint density at radius 3 is 2.69 bits per heavy atom. The van der Waals surface area contributed by atoms with Crippen molar-refractivity contribution in [1.29, 1.82) is 0 Å². The zero-order valence-electron chi connectivity index (χ0n) is 14.2. The van der Waals surface area contributed by atoms with E-state index in [0.29, 0.717) is 23.4 Å². The molecule has 10 heteroatoms. The van der Waals surface area contributed by atoms with E-state index in [4.69, 9.17) is 9.57 Å². The lowest BCUT2D eigenvalue weighted by molar-refractivity contribution is 0.0639. The summed E-state index contributed by atoms with van der Waals surface area (Å²) in [4.78, 5) is 6.89. The maximum atomic E-state index is 12.3. The van der Waals surface area contributed by atoms with E-state index in [1.807, 2.05) is 24.3 Å². The summed E-state index contributed by atoms with van der Waals surface area (Å²) >= 11 is 3.38. The minimum absolute atomic E-state index is 0.146. The highest BCUT2D eigenvalue weighted by atomic mass is 79.9. The van der Waals surface area contributed by atoms with Crippen LogP contribution in [0.1, 0.15) is 0 Å². The van der Waals surface area contributed by atoms with Gasteiger partial charge in [-0.15, -0.1) is 5.10 Å². The Balaban J connectivity index is 1.70. The van der Waals surface area contributed by atoms with E-state index in [2.05, 4.69) is 26.2 Å². The lowest BCUT2D eigenvalue weighted by Gasteiger charge is -2.11. The molecule has 0 N–H and O–H groups in total. The lowest BCUT2D eigenvalue weighted by atomic mass is 10.3. The van der Waals surface area contributed by atoms with E-state index in [1.165, 1.54) is 31.1 Å². The molecule has 3 aromatic rings. The van der Waals surface area contributed by atoms with Crippen LogP contribution in [0.25, 0.3) is 11.0 Å². The monoisotopic (exact) mass is 440 g/mol. The first-order valence-electron chi connectivity index (χ1n) is 7.67. The van der Waals surface area contributed by atoms with Crippen molar-refractivity contribution in [1.82, 2.24) is 19.5 Å². The van der Waals surface area contributed by atoms with Crippen molar-refractivity contribution in [3.05, 3.63) is 46.9 Å². The first kappa shape index (κ1) is 18.6. The number of halogens is 1. The van der Waals surface area contributed by atoms with Gasteiger partial charge in [0.25, 0.3) is 0 Å². The number of nitrogens with zero attached hydrogens (tertiary/aromatic N) is 4. The topological polar surface area (TPSA) is 86.6 Å². The van der Waals surface area contributed by atoms with Gasteiger partial charge < -0.3 is 9.57 Å². The maximum Gasteiger partial charge on any atom is 0.242 e. The summed E-state index contributed by atoms with van der Waals surface area (Å²) < 4.78 is 32.2. The van der Waals surface area contributed by atoms with Gasteiger partial charge >= 0.3 is 0 Å². The summed E-state index contributed by atoms with van der Waals surface area (Å²) in [6.45, 7) is 0.517. The predicted octanol–water partition coefficient (Wildman–Crippen LogP) is 1.95. The van der Waals surface area contributed by atoms with Crippen LogP contribution in [0, 0.1) is 0 Å². The molecular formula is C16H17BrN4O4S. The van der Waals surface area contributed by atoms with Crippen LogP contribution in [0.15, 0.2) is 51.8 Å². The summed E-state index contributed by atoms with van der Waals surface area (Å²) in [5.74, 6) is 0.714. The van der Waals surface area contributed by atoms with Crippen LogP contribution in [0.5, 0.6) is 5.75 Å². The molecule has 0 saturated carbocycles. The maximum absolute atomic E-state index is 12.3. The molecule has 0 atom stereocenters. The van der Waals surface area contributed by atoms with Gasteiger partial charge in [0.15, 0.2) is 6.61 Å². The molecule has 0 unspecified atom stereocenters. The molecule has 1 heterocycles. The third-order valence-electron chi connectivity index (χ3n) is 3.53. The van der Waals surface area contributed by atoms with Crippen molar-refractivity contribution >= 4 is 37.0 Å². The van der Waals surface area contributed by atoms with Crippen LogP contribution in [0.3, 0.4) is 0 Å². The minimum Gasteiger partial charge on any atom is -0.490 e. The Hall–Kier alpha value is -2.17. The molecule has 8 nitrogen and oxygen atoms in total. The van der Waals surface area contributed by atoms with E-state index < -0.39 is 10.0 Å². The first-order valence-corrected chi connectivity index (χ1v) is 9.91. The zero-order valence-corrected chi connectivity index (χ0v) is 16.6. The molecular weight excluding hydrogens is 424 g/mol. The van der Waals surface area contributed by atoms with E-state index >= 15 is 0 Å². The fourth-order valence-electron chi connectivity index (χ4n) is 2.18. The van der Waals surface area contributed by atoms with Crippen LogP contribution in [0.4, 0.5) is 0 Å². The van der Waals surface area contributed by atoms with Crippen LogP contribution in [0.2, 0.25) is 0 Å². The van der Waals surface area contributed by atoms with E-state index in [0.717, 1.165) is 8.78 Å². The number of rotatable bonds is 7. The first-order chi connectivity index (χ1) is 12.4. The molecule has 0 amide bonds. The second-order valence-electron chi connectivity index (χ2n) is 5.54. The van der Waals surface area contributed by atoms with Gasteiger partial charge in [-0.1, -0.05) is 26.8 Å². The molecule has 26 heavy (non-hydrogen) atoms. The fourth-order valence-corrected chi connectivity index (χ4v) is 3.49. The molecule has 0 bridgehead atoms. The quantitative estimate of drug-likeness (QED) is 0.521. The number of benzene rings is 2. The Morgan fingerprint density at radius 1 is 1.15 bits per heavy atom. The Kier molecular flexibility index (Phi) is 5.44. The number of sulfonamides is 1. The summed E-state index contributed by atoms with van der Waals surface area (Å²) in [5, 5.41) is 7.86. The Morgan fingerprint density at radius 2 is 1.96 bits per heavy atom. The number of fused-ring (bicyclic) bond motifs is 1. The van der Waals surface area contributed by atoms with Crippen molar-refractivity contribution in [3.8, 4) is 5.75 Å². The second-order valence-corrected chi connectivity index (χ2v) is 8.61. The molecule has 0 aliphatic carbocycles. The van der Waals surface area contributed by atoms with Gasteiger partial charge in [-0.05, 0) is 41.6 Å². The van der Waals surface area contributed by atoms with Crippen LogP contribution in [-0.4, -0.2) is 55.2 Å². The number of hydrogen-bond acceptors (Lipinski definition) is 6. The Labute approximate surface area is 159 Å². The molecule has 138 valence electrons. The second kappa shape index (κ2) is 7.60. The van der Waals surface area contributed by atoms with Gasteiger partial charge in [0.1, 0.15) is 23.4 Å². The van der Waals surface area contributed by atoms with Crippen molar-refractivity contribution in [2.24, 2.45) is 0 Å². The van der Waals surface area contributed by atoms with Gasteiger partial charge in [-0.2, -0.15) is 0 Å². The summed E-state index contributed by atoms with van der Waals surface area (Å²) in [5.41, 5.74) is 1.01. The van der Waals surface area contributed by atoms with E-state index in [-0.39, 0.29) is 11.5 Å². The molecule has 0 spiro atoms. The van der Waals surface area contributed by atoms with Crippen LogP contribution >= 0.6 is 15.9 Å². The molecule has 0 radical (unpaired) electrons. The van der Waals surface area contributed by atoms with Crippen LogP contribution < -0.4 is 9.57 Å². The average molecular weight is 441 g/mol. The summed E-state index contributed by atoms with van der Waals surface area (Å²) in [6.07, 6.45) is 0. The van der Waals surface area contributed by atoms with Crippen molar-refractivity contribution in [3.63, 3.8) is 0 Å². The normalized spacial score (nSPS) is 11.8. The summed E-state index contributed by atoms with van der Waals surface area (Å²) in [7, 11) is -0.594. The lowest BCUT2D eigenvalue weighted by Crippen LogP contribution is -2.22. The Bertz CT molecular complexity index is 1020. The van der Waals surface area contributed by atoms with E-state index in [1.54, 1.807) is 6.07 Å². The largest absolute Gasteiger partial charge is 0.490 e. The average Bonchev–Trinajstić information content (AvgIpc) is 3.01. The van der Waals surface area contributed by atoms with Crippen molar-refractivity contribution in [2.75, 3.05) is 27.3 Å². The highest BCUT2D eigenvalue weighted by molar-refractivity contribution is 9.10. The van der Waals surface area contributed by atoms with Crippen molar-refractivity contribution in [2.45, 2.75) is 4.90 Å².